The zero-order chi connectivity index (χ0) is 19.9. The van der Waals surface area contributed by atoms with Gasteiger partial charge in [0, 0.05) is 37.5 Å². The van der Waals surface area contributed by atoms with Gasteiger partial charge in [-0.3, -0.25) is 4.79 Å². The minimum Gasteiger partial charge on any atom is -0.354 e. The molecule has 2 N–H and O–H groups in total. The Balaban J connectivity index is 1.58. The predicted octanol–water partition coefficient (Wildman–Crippen LogP) is 4.13. The lowest BCUT2D eigenvalue weighted by Gasteiger charge is -2.12. The Bertz CT molecular complexity index is 903. The van der Waals surface area contributed by atoms with Gasteiger partial charge in [0.15, 0.2) is 0 Å². The highest BCUT2D eigenvalue weighted by atomic mass is 16.1. The minimum absolute atomic E-state index is 0.00246. The molecule has 3 aromatic rings. The van der Waals surface area contributed by atoms with Crippen molar-refractivity contribution < 1.29 is 4.79 Å². The lowest BCUT2D eigenvalue weighted by Crippen LogP contribution is -2.31. The average Bonchev–Trinajstić information content (AvgIpc) is 2.68. The molecule has 1 atom stereocenters. The molecule has 0 aliphatic heterocycles. The van der Waals surface area contributed by atoms with Crippen molar-refractivity contribution in [3.05, 3.63) is 77.6 Å². The smallest absolute Gasteiger partial charge is 0.222 e. The highest BCUT2D eigenvalue weighted by molar-refractivity contribution is 5.73. The number of benzene rings is 2. The minimum atomic E-state index is -0.00246. The van der Waals surface area contributed by atoms with E-state index in [2.05, 4.69) is 76.1 Å². The third-order valence-corrected chi connectivity index (χ3v) is 4.50. The molecule has 28 heavy (non-hydrogen) atoms. The SMILES string of the molecule is CC(=O)NC(C)Cc1ccc(-c2cnc(NCc3ccc(C)cc3)nc2)cc1. The van der Waals surface area contributed by atoms with Crippen LogP contribution in [0.2, 0.25) is 0 Å². The Morgan fingerprint density at radius 2 is 1.54 bits per heavy atom. The number of rotatable bonds is 7. The summed E-state index contributed by atoms with van der Waals surface area (Å²) < 4.78 is 0. The molecule has 3 rings (SSSR count). The first kappa shape index (κ1) is 19.5. The van der Waals surface area contributed by atoms with Crippen LogP contribution in [0.15, 0.2) is 60.9 Å². The summed E-state index contributed by atoms with van der Waals surface area (Å²) in [4.78, 5) is 20.0. The van der Waals surface area contributed by atoms with Gasteiger partial charge in [0.25, 0.3) is 0 Å². The number of nitrogens with zero attached hydrogens (tertiary/aromatic N) is 2. The Kier molecular flexibility index (Phi) is 6.37. The summed E-state index contributed by atoms with van der Waals surface area (Å²) >= 11 is 0. The zero-order valence-electron chi connectivity index (χ0n) is 16.6. The standard InChI is InChI=1S/C23H26N4O/c1-16-4-6-20(7-5-16)13-24-23-25-14-22(15-26-23)21-10-8-19(9-11-21)12-17(2)27-18(3)28/h4-11,14-15,17H,12-13H2,1-3H3,(H,27,28)(H,24,25,26). The van der Waals surface area contributed by atoms with Crippen LogP contribution < -0.4 is 10.6 Å². The average molecular weight is 374 g/mol. The van der Waals surface area contributed by atoms with Crippen molar-refractivity contribution in [3.8, 4) is 11.1 Å². The molecule has 2 aromatic carbocycles. The van der Waals surface area contributed by atoms with E-state index in [4.69, 9.17) is 0 Å². The van der Waals surface area contributed by atoms with Crippen LogP contribution in [-0.4, -0.2) is 21.9 Å². The monoisotopic (exact) mass is 374 g/mol. The second-order valence-electron chi connectivity index (χ2n) is 7.14. The third-order valence-electron chi connectivity index (χ3n) is 4.50. The number of carbonyl (C=O) groups is 1. The van der Waals surface area contributed by atoms with Gasteiger partial charge in [0.05, 0.1) is 0 Å². The van der Waals surface area contributed by atoms with Crippen molar-refractivity contribution in [2.24, 2.45) is 0 Å². The molecule has 0 bridgehead atoms. The number of anilines is 1. The summed E-state index contributed by atoms with van der Waals surface area (Å²) in [6, 6.07) is 16.8. The summed E-state index contributed by atoms with van der Waals surface area (Å²) in [5.41, 5.74) is 5.67. The van der Waals surface area contributed by atoms with Crippen LogP contribution in [0, 0.1) is 6.92 Å². The number of carbonyl (C=O) groups excluding carboxylic acids is 1. The molecule has 1 amide bonds. The van der Waals surface area contributed by atoms with Crippen molar-refractivity contribution in [3.63, 3.8) is 0 Å². The lowest BCUT2D eigenvalue weighted by atomic mass is 10.0. The Labute approximate surface area is 166 Å². The number of nitrogens with one attached hydrogen (secondary N) is 2. The first-order valence-electron chi connectivity index (χ1n) is 9.47. The van der Waals surface area contributed by atoms with E-state index in [1.807, 2.05) is 19.3 Å². The number of hydrogen-bond donors (Lipinski definition) is 2. The number of hydrogen-bond acceptors (Lipinski definition) is 4. The van der Waals surface area contributed by atoms with E-state index in [0.717, 1.165) is 17.5 Å². The molecular weight excluding hydrogens is 348 g/mol. The van der Waals surface area contributed by atoms with E-state index >= 15 is 0 Å². The molecule has 1 aromatic heterocycles. The molecular formula is C23H26N4O. The first-order chi connectivity index (χ1) is 13.5. The van der Waals surface area contributed by atoms with Crippen LogP contribution in [0.25, 0.3) is 11.1 Å². The van der Waals surface area contributed by atoms with Crippen LogP contribution in [0.5, 0.6) is 0 Å². The van der Waals surface area contributed by atoms with Crippen molar-refractivity contribution in [1.29, 1.82) is 0 Å². The normalized spacial score (nSPS) is 11.7. The molecule has 0 saturated heterocycles. The molecule has 1 unspecified atom stereocenters. The maximum Gasteiger partial charge on any atom is 0.222 e. The quantitative estimate of drug-likeness (QED) is 0.652. The van der Waals surface area contributed by atoms with E-state index in [1.165, 1.54) is 16.7 Å². The van der Waals surface area contributed by atoms with Crippen molar-refractivity contribution in [2.75, 3.05) is 5.32 Å². The van der Waals surface area contributed by atoms with Gasteiger partial charge in [0.2, 0.25) is 11.9 Å². The number of aromatic nitrogens is 2. The van der Waals surface area contributed by atoms with Crippen molar-refractivity contribution >= 4 is 11.9 Å². The second kappa shape index (κ2) is 9.13. The van der Waals surface area contributed by atoms with Gasteiger partial charge < -0.3 is 10.6 Å². The topological polar surface area (TPSA) is 66.9 Å². The fraction of sp³-hybridized carbons (Fsp3) is 0.261. The molecule has 0 aliphatic rings. The maximum absolute atomic E-state index is 11.1. The molecule has 0 aliphatic carbocycles. The van der Waals surface area contributed by atoms with Gasteiger partial charge in [-0.2, -0.15) is 0 Å². The van der Waals surface area contributed by atoms with Gasteiger partial charge >= 0.3 is 0 Å². The van der Waals surface area contributed by atoms with E-state index < -0.39 is 0 Å². The molecule has 1 heterocycles. The van der Waals surface area contributed by atoms with Gasteiger partial charge in [-0.15, -0.1) is 0 Å². The Hall–Kier alpha value is -3.21. The predicted molar refractivity (Wildman–Crippen MR) is 113 cm³/mol. The summed E-state index contributed by atoms with van der Waals surface area (Å²) in [6.45, 7) is 6.32. The van der Waals surface area contributed by atoms with Crippen LogP contribution in [0.3, 0.4) is 0 Å². The number of amides is 1. The van der Waals surface area contributed by atoms with Crippen LogP contribution >= 0.6 is 0 Å². The summed E-state index contributed by atoms with van der Waals surface area (Å²) in [6.07, 6.45) is 4.47. The molecule has 0 saturated carbocycles. The zero-order valence-corrected chi connectivity index (χ0v) is 16.6. The van der Waals surface area contributed by atoms with Gasteiger partial charge in [-0.05, 0) is 37.0 Å². The van der Waals surface area contributed by atoms with E-state index in [1.54, 1.807) is 6.92 Å². The van der Waals surface area contributed by atoms with Gasteiger partial charge in [-0.1, -0.05) is 54.1 Å². The van der Waals surface area contributed by atoms with Crippen molar-refractivity contribution in [2.45, 2.75) is 39.8 Å². The molecule has 0 spiro atoms. The molecule has 144 valence electrons. The molecule has 5 heteroatoms. The third kappa shape index (κ3) is 5.64. The molecule has 0 fully saturated rings. The highest BCUT2D eigenvalue weighted by Crippen LogP contribution is 2.19. The Morgan fingerprint density at radius 3 is 2.14 bits per heavy atom. The fourth-order valence-electron chi connectivity index (χ4n) is 3.04. The fourth-order valence-corrected chi connectivity index (χ4v) is 3.04. The summed E-state index contributed by atoms with van der Waals surface area (Å²) in [7, 11) is 0. The summed E-state index contributed by atoms with van der Waals surface area (Å²) in [5.74, 6) is 0.613. The number of aryl methyl sites for hydroxylation is 1. The summed E-state index contributed by atoms with van der Waals surface area (Å²) in [5, 5.41) is 6.15. The molecule has 0 radical (unpaired) electrons. The second-order valence-corrected chi connectivity index (χ2v) is 7.14. The largest absolute Gasteiger partial charge is 0.354 e. The highest BCUT2D eigenvalue weighted by Gasteiger charge is 2.06. The van der Waals surface area contributed by atoms with Crippen molar-refractivity contribution in [1.82, 2.24) is 15.3 Å². The van der Waals surface area contributed by atoms with Gasteiger partial charge in [0.1, 0.15) is 0 Å². The Morgan fingerprint density at radius 1 is 0.929 bits per heavy atom. The van der Waals surface area contributed by atoms with Crippen LogP contribution in [0.1, 0.15) is 30.5 Å². The molecule has 5 nitrogen and oxygen atoms in total. The van der Waals surface area contributed by atoms with Gasteiger partial charge in [-0.25, -0.2) is 9.97 Å². The van der Waals surface area contributed by atoms with E-state index in [0.29, 0.717) is 12.5 Å². The van der Waals surface area contributed by atoms with E-state index in [-0.39, 0.29) is 11.9 Å². The van der Waals surface area contributed by atoms with E-state index in [9.17, 15) is 4.79 Å². The lowest BCUT2D eigenvalue weighted by molar-refractivity contribution is -0.119. The first-order valence-corrected chi connectivity index (χ1v) is 9.47. The van der Waals surface area contributed by atoms with Crippen LogP contribution in [-0.2, 0) is 17.8 Å². The van der Waals surface area contributed by atoms with Crippen LogP contribution in [0.4, 0.5) is 5.95 Å². The maximum atomic E-state index is 11.1.